The third kappa shape index (κ3) is 2.72. The highest BCUT2D eigenvalue weighted by Gasteiger charge is 2.31. The summed E-state index contributed by atoms with van der Waals surface area (Å²) in [5, 5.41) is 17.9. The zero-order valence-corrected chi connectivity index (χ0v) is 16.6. The molecule has 0 saturated heterocycles. The number of rotatable bonds is 4. The Labute approximate surface area is 170 Å². The van der Waals surface area contributed by atoms with E-state index in [9.17, 15) is 9.90 Å². The monoisotopic (exact) mass is 407 g/mol. The molecule has 0 unspecified atom stereocenters. The van der Waals surface area contributed by atoms with Crippen molar-refractivity contribution in [2.45, 2.75) is 6.61 Å². The zero-order valence-electron chi connectivity index (χ0n) is 15.7. The summed E-state index contributed by atoms with van der Waals surface area (Å²) >= 11 is 1.53. The lowest BCUT2D eigenvalue weighted by Gasteiger charge is -2.21. The van der Waals surface area contributed by atoms with Gasteiger partial charge in [-0.2, -0.15) is 16.4 Å². The lowest BCUT2D eigenvalue weighted by molar-refractivity contribution is 0.0687. The minimum absolute atomic E-state index is 0.00827. The molecule has 1 aliphatic heterocycles. The van der Waals surface area contributed by atoms with E-state index in [1.165, 1.54) is 11.3 Å². The lowest BCUT2D eigenvalue weighted by atomic mass is 9.97. The number of aryl methyl sites for hydroxylation is 1. The summed E-state index contributed by atoms with van der Waals surface area (Å²) in [6, 6.07) is 7.76. The van der Waals surface area contributed by atoms with Gasteiger partial charge in [0.15, 0.2) is 5.69 Å². The molecule has 7 nitrogen and oxygen atoms in total. The van der Waals surface area contributed by atoms with Gasteiger partial charge in [0.05, 0.1) is 24.1 Å². The number of carboxylic acids is 1. The number of carbonyl (C=O) groups is 1. The summed E-state index contributed by atoms with van der Waals surface area (Å²) in [6.45, 7) is 0.141. The van der Waals surface area contributed by atoms with E-state index in [4.69, 9.17) is 9.47 Å². The number of fused-ring (bicyclic) bond motifs is 3. The predicted octanol–water partition coefficient (Wildman–Crippen LogP) is 4.21. The number of thiophene rings is 1. The van der Waals surface area contributed by atoms with Crippen LogP contribution in [0.1, 0.15) is 16.1 Å². The molecule has 0 fully saturated rings. The highest BCUT2D eigenvalue weighted by molar-refractivity contribution is 7.08. The zero-order chi connectivity index (χ0) is 20.1. The summed E-state index contributed by atoms with van der Waals surface area (Å²) in [4.78, 5) is 11.8. The maximum Gasteiger partial charge on any atom is 0.356 e. The van der Waals surface area contributed by atoms with Crippen molar-refractivity contribution >= 4 is 17.3 Å². The quantitative estimate of drug-likeness (QED) is 0.548. The highest BCUT2D eigenvalue weighted by atomic mass is 32.1. The topological polar surface area (TPSA) is 78.5 Å². The van der Waals surface area contributed by atoms with Crippen LogP contribution in [0.3, 0.4) is 0 Å². The normalized spacial score (nSPS) is 12.2. The second-order valence-electron chi connectivity index (χ2n) is 6.78. The van der Waals surface area contributed by atoms with Gasteiger partial charge in [-0.05, 0) is 23.6 Å². The van der Waals surface area contributed by atoms with E-state index in [0.717, 1.165) is 28.1 Å². The van der Waals surface area contributed by atoms with Crippen LogP contribution in [0.2, 0.25) is 0 Å². The van der Waals surface area contributed by atoms with E-state index in [1.54, 1.807) is 11.8 Å². The van der Waals surface area contributed by atoms with E-state index in [0.29, 0.717) is 17.1 Å². The standard InChI is InChI=1S/C21H17N3O4S/c1-23-5-3-12(9-23)14-7-15-18(8-17(14)27-2)28-10-16-19(21(25)26)22-24(20(15)16)13-4-6-29-11-13/h3-9,11H,10H2,1-2H3,(H,25,26). The Morgan fingerprint density at radius 2 is 2.17 bits per heavy atom. The van der Waals surface area contributed by atoms with Gasteiger partial charge in [0.2, 0.25) is 0 Å². The third-order valence-electron chi connectivity index (χ3n) is 5.01. The van der Waals surface area contributed by atoms with Gasteiger partial charge in [0.1, 0.15) is 18.1 Å². The Balaban J connectivity index is 1.80. The molecular formula is C21H17N3O4S. The van der Waals surface area contributed by atoms with E-state index < -0.39 is 5.97 Å². The highest BCUT2D eigenvalue weighted by Crippen LogP contribution is 2.46. The molecule has 0 bridgehead atoms. The first kappa shape index (κ1) is 17.6. The van der Waals surface area contributed by atoms with Crippen molar-refractivity contribution < 1.29 is 19.4 Å². The smallest absolute Gasteiger partial charge is 0.356 e. The minimum Gasteiger partial charge on any atom is -0.496 e. The van der Waals surface area contributed by atoms with Gasteiger partial charge in [0.25, 0.3) is 0 Å². The van der Waals surface area contributed by atoms with Crippen molar-refractivity contribution in [3.05, 3.63) is 58.7 Å². The number of carboxylic acid groups (broad SMARTS) is 1. The van der Waals surface area contributed by atoms with E-state index in [-0.39, 0.29) is 12.3 Å². The Hall–Kier alpha value is -3.52. The molecule has 5 rings (SSSR count). The van der Waals surface area contributed by atoms with Crippen LogP contribution >= 0.6 is 11.3 Å². The molecule has 4 aromatic rings. The SMILES string of the molecule is COc1cc2c(cc1-c1ccn(C)c1)-c1c(c(C(=O)O)nn1-c1ccsc1)CO2. The molecule has 1 aromatic carbocycles. The van der Waals surface area contributed by atoms with Crippen LogP contribution in [0, 0.1) is 0 Å². The van der Waals surface area contributed by atoms with Crippen LogP contribution in [0.15, 0.2) is 47.4 Å². The number of hydrogen-bond donors (Lipinski definition) is 1. The maximum atomic E-state index is 11.8. The van der Waals surface area contributed by atoms with Gasteiger partial charge < -0.3 is 19.1 Å². The number of aromatic carboxylic acids is 1. The number of aromatic nitrogens is 3. The van der Waals surface area contributed by atoms with E-state index in [1.807, 2.05) is 59.0 Å². The second kappa shape index (κ2) is 6.52. The minimum atomic E-state index is -1.07. The van der Waals surface area contributed by atoms with Crippen molar-refractivity contribution in [3.8, 4) is 39.6 Å². The molecule has 0 saturated carbocycles. The van der Waals surface area contributed by atoms with Gasteiger partial charge >= 0.3 is 5.97 Å². The van der Waals surface area contributed by atoms with Crippen LogP contribution in [-0.2, 0) is 13.7 Å². The fraction of sp³-hybridized carbons (Fsp3) is 0.143. The van der Waals surface area contributed by atoms with Gasteiger partial charge in [-0.25, -0.2) is 9.48 Å². The fourth-order valence-electron chi connectivity index (χ4n) is 3.67. The Kier molecular flexibility index (Phi) is 3.95. The van der Waals surface area contributed by atoms with Gasteiger partial charge in [-0.15, -0.1) is 0 Å². The molecule has 3 aromatic heterocycles. The average Bonchev–Trinajstić information content (AvgIpc) is 3.45. The van der Waals surface area contributed by atoms with Gasteiger partial charge in [-0.3, -0.25) is 0 Å². The first-order chi connectivity index (χ1) is 14.1. The molecule has 8 heteroatoms. The summed E-state index contributed by atoms with van der Waals surface area (Å²) in [7, 11) is 3.58. The summed E-state index contributed by atoms with van der Waals surface area (Å²) in [5.41, 5.74) is 4.83. The van der Waals surface area contributed by atoms with Crippen molar-refractivity contribution in [1.82, 2.24) is 14.3 Å². The predicted molar refractivity (Wildman–Crippen MR) is 109 cm³/mol. The van der Waals surface area contributed by atoms with Crippen LogP contribution in [-0.4, -0.2) is 32.5 Å². The van der Waals surface area contributed by atoms with E-state index >= 15 is 0 Å². The van der Waals surface area contributed by atoms with Gasteiger partial charge in [0, 0.05) is 47.6 Å². The largest absolute Gasteiger partial charge is 0.496 e. The summed E-state index contributed by atoms with van der Waals surface area (Å²) in [6.07, 6.45) is 3.97. The Morgan fingerprint density at radius 1 is 1.31 bits per heavy atom. The molecule has 0 atom stereocenters. The van der Waals surface area contributed by atoms with Gasteiger partial charge in [-0.1, -0.05) is 0 Å². The summed E-state index contributed by atoms with van der Waals surface area (Å²) < 4.78 is 15.2. The van der Waals surface area contributed by atoms with Crippen LogP contribution in [0.4, 0.5) is 0 Å². The van der Waals surface area contributed by atoms with Crippen molar-refractivity contribution in [1.29, 1.82) is 0 Å². The van der Waals surface area contributed by atoms with E-state index in [2.05, 4.69) is 5.10 Å². The molecule has 0 amide bonds. The number of hydrogen-bond acceptors (Lipinski definition) is 5. The average molecular weight is 407 g/mol. The molecule has 1 aliphatic rings. The molecule has 1 N–H and O–H groups in total. The number of nitrogens with zero attached hydrogens (tertiary/aromatic N) is 3. The first-order valence-electron chi connectivity index (χ1n) is 8.92. The van der Waals surface area contributed by atoms with Crippen LogP contribution in [0.5, 0.6) is 11.5 Å². The van der Waals surface area contributed by atoms with Crippen LogP contribution in [0.25, 0.3) is 28.1 Å². The van der Waals surface area contributed by atoms with Crippen molar-refractivity contribution in [2.24, 2.45) is 7.05 Å². The maximum absolute atomic E-state index is 11.8. The van der Waals surface area contributed by atoms with Crippen molar-refractivity contribution in [2.75, 3.05) is 7.11 Å². The Morgan fingerprint density at radius 3 is 2.83 bits per heavy atom. The number of benzene rings is 1. The molecule has 0 spiro atoms. The fourth-order valence-corrected chi connectivity index (χ4v) is 4.29. The van der Waals surface area contributed by atoms with Crippen LogP contribution < -0.4 is 9.47 Å². The number of ether oxygens (including phenoxy) is 2. The molecular weight excluding hydrogens is 390 g/mol. The molecule has 0 radical (unpaired) electrons. The second-order valence-corrected chi connectivity index (χ2v) is 7.56. The summed E-state index contributed by atoms with van der Waals surface area (Å²) in [5.74, 6) is 0.264. The molecule has 4 heterocycles. The lowest BCUT2D eigenvalue weighted by Crippen LogP contribution is -2.10. The molecule has 0 aliphatic carbocycles. The number of methoxy groups -OCH3 is 1. The first-order valence-corrected chi connectivity index (χ1v) is 9.86. The Bertz CT molecular complexity index is 1240. The molecule has 29 heavy (non-hydrogen) atoms. The third-order valence-corrected chi connectivity index (χ3v) is 5.68. The molecule has 146 valence electrons. The van der Waals surface area contributed by atoms with Crippen molar-refractivity contribution in [3.63, 3.8) is 0 Å².